The van der Waals surface area contributed by atoms with Crippen LogP contribution in [0.3, 0.4) is 0 Å². The lowest BCUT2D eigenvalue weighted by Crippen LogP contribution is -2.37. The third kappa shape index (κ3) is 4.68. The molecule has 120 valence electrons. The predicted molar refractivity (Wildman–Crippen MR) is 74.7 cm³/mol. The summed E-state index contributed by atoms with van der Waals surface area (Å²) in [5, 5.41) is -1.77. The molecule has 21 heavy (non-hydrogen) atoms. The fourth-order valence-corrected chi connectivity index (χ4v) is 2.90. The van der Waals surface area contributed by atoms with Crippen LogP contribution in [0.25, 0.3) is 0 Å². The van der Waals surface area contributed by atoms with Gasteiger partial charge in [-0.25, -0.2) is 4.79 Å². The smallest absolute Gasteiger partial charge is 0.330 e. The molecule has 1 saturated heterocycles. The van der Waals surface area contributed by atoms with E-state index < -0.39 is 45.5 Å². The van der Waals surface area contributed by atoms with Gasteiger partial charge in [-0.3, -0.25) is 14.1 Å². The average Bonchev–Trinajstić information content (AvgIpc) is 2.66. The quantitative estimate of drug-likeness (QED) is 0.398. The summed E-state index contributed by atoms with van der Waals surface area (Å²) in [6.45, 7) is 1.59. The number of imide groups is 1. The number of hydrogen-bond donors (Lipinski definition) is 1. The fourth-order valence-electron chi connectivity index (χ4n) is 1.74. The highest BCUT2D eigenvalue weighted by molar-refractivity contribution is 7.98. The molecule has 0 aromatic rings. The zero-order valence-electron chi connectivity index (χ0n) is 11.6. The van der Waals surface area contributed by atoms with Gasteiger partial charge in [0.15, 0.2) is 5.25 Å². The lowest BCUT2D eigenvalue weighted by Gasteiger charge is -2.16. The summed E-state index contributed by atoms with van der Waals surface area (Å²) < 4.78 is 30.7. The molecule has 10 heteroatoms. The summed E-state index contributed by atoms with van der Waals surface area (Å²) in [6.07, 6.45) is 2.50. The summed E-state index contributed by atoms with van der Waals surface area (Å²) in [5.74, 6) is -2.65. The molecule has 1 rings (SSSR count). The van der Waals surface area contributed by atoms with E-state index in [9.17, 15) is 22.8 Å². The molecule has 0 aromatic heterocycles. The zero-order valence-corrected chi connectivity index (χ0v) is 13.3. The van der Waals surface area contributed by atoms with Crippen LogP contribution < -0.4 is 0 Å². The van der Waals surface area contributed by atoms with E-state index in [1.54, 1.807) is 18.7 Å². The van der Waals surface area contributed by atoms with Gasteiger partial charge < -0.3 is 4.84 Å². The number of thioether (sulfide) groups is 1. The van der Waals surface area contributed by atoms with Crippen LogP contribution in [-0.2, 0) is 29.3 Å². The molecule has 0 aromatic carbocycles. The fraction of sp³-hybridized carbons (Fsp3) is 0.727. The van der Waals surface area contributed by atoms with E-state index in [-0.39, 0.29) is 5.06 Å². The molecule has 2 unspecified atom stereocenters. The minimum atomic E-state index is -4.70. The van der Waals surface area contributed by atoms with Crippen molar-refractivity contribution in [2.24, 2.45) is 5.92 Å². The third-order valence-electron chi connectivity index (χ3n) is 2.99. The first-order valence-electron chi connectivity index (χ1n) is 6.22. The topological polar surface area (TPSA) is 118 Å². The van der Waals surface area contributed by atoms with Crippen molar-refractivity contribution < 1.29 is 32.2 Å². The minimum absolute atomic E-state index is 0.131. The molecule has 0 bridgehead atoms. The summed E-state index contributed by atoms with van der Waals surface area (Å²) in [5.41, 5.74) is 0. The van der Waals surface area contributed by atoms with Gasteiger partial charge in [0, 0.05) is 0 Å². The highest BCUT2D eigenvalue weighted by atomic mass is 32.2. The number of rotatable bonds is 7. The zero-order chi connectivity index (χ0) is 16.2. The van der Waals surface area contributed by atoms with Crippen LogP contribution >= 0.6 is 11.8 Å². The molecule has 1 aliphatic heterocycles. The van der Waals surface area contributed by atoms with Crippen molar-refractivity contribution in [1.29, 1.82) is 0 Å². The highest BCUT2D eigenvalue weighted by Crippen LogP contribution is 2.21. The monoisotopic (exact) mass is 339 g/mol. The van der Waals surface area contributed by atoms with E-state index in [1.807, 2.05) is 6.26 Å². The van der Waals surface area contributed by atoms with Crippen LogP contribution in [0.5, 0.6) is 0 Å². The molecule has 1 fully saturated rings. The summed E-state index contributed by atoms with van der Waals surface area (Å²) in [6, 6.07) is 0. The Labute approximate surface area is 126 Å². The first-order valence-corrected chi connectivity index (χ1v) is 9.12. The number of hydrogen-bond acceptors (Lipinski definition) is 7. The molecule has 0 aliphatic carbocycles. The summed E-state index contributed by atoms with van der Waals surface area (Å²) >= 11 is 1.63. The van der Waals surface area contributed by atoms with Crippen LogP contribution in [0.4, 0.5) is 0 Å². The number of amides is 2. The van der Waals surface area contributed by atoms with Crippen LogP contribution in [0.15, 0.2) is 0 Å². The second-order valence-electron chi connectivity index (χ2n) is 4.68. The Morgan fingerprint density at radius 1 is 1.52 bits per heavy atom. The first-order chi connectivity index (χ1) is 9.68. The van der Waals surface area contributed by atoms with Gasteiger partial charge in [0.1, 0.15) is 0 Å². The molecule has 0 saturated carbocycles. The molecule has 8 nitrogen and oxygen atoms in total. The molecule has 1 aliphatic rings. The molecule has 2 atom stereocenters. The van der Waals surface area contributed by atoms with Gasteiger partial charge in [-0.15, -0.1) is 5.06 Å². The van der Waals surface area contributed by atoms with Crippen molar-refractivity contribution in [3.05, 3.63) is 0 Å². The Morgan fingerprint density at radius 2 is 2.14 bits per heavy atom. The van der Waals surface area contributed by atoms with Gasteiger partial charge in [-0.1, -0.05) is 6.92 Å². The predicted octanol–water partition coefficient (Wildman–Crippen LogP) is 0.239. The van der Waals surface area contributed by atoms with Crippen molar-refractivity contribution in [3.63, 3.8) is 0 Å². The van der Waals surface area contributed by atoms with Crippen molar-refractivity contribution in [2.75, 3.05) is 12.0 Å². The van der Waals surface area contributed by atoms with Gasteiger partial charge >= 0.3 is 5.97 Å². The third-order valence-corrected chi connectivity index (χ3v) is 4.78. The van der Waals surface area contributed by atoms with Gasteiger partial charge in [0.05, 0.1) is 12.3 Å². The Balaban J connectivity index is 2.64. The summed E-state index contributed by atoms with van der Waals surface area (Å²) in [7, 11) is -4.70. The van der Waals surface area contributed by atoms with Gasteiger partial charge in [-0.05, 0) is 24.9 Å². The molecular weight excluding hydrogens is 322 g/mol. The minimum Gasteiger partial charge on any atom is -0.330 e. The molecular formula is C11H17NO7S2. The Morgan fingerprint density at radius 3 is 2.62 bits per heavy atom. The highest BCUT2D eigenvalue weighted by Gasteiger charge is 2.48. The standard InChI is InChI=1S/C11H17NO7S2/c1-7(4-3-5-20-2)11(15)19-12-9(13)6-8(10(12)14)21(16,17)18/h7-8H,3-6H2,1-2H3,(H,16,17,18). The molecule has 1 heterocycles. The van der Waals surface area contributed by atoms with E-state index in [4.69, 9.17) is 4.55 Å². The molecule has 1 N–H and O–H groups in total. The molecule has 2 amide bonds. The largest absolute Gasteiger partial charge is 0.335 e. The lowest BCUT2D eigenvalue weighted by atomic mass is 10.1. The van der Waals surface area contributed by atoms with Crippen LogP contribution in [0.1, 0.15) is 26.2 Å². The Hall–Kier alpha value is -1.13. The normalized spacial score (nSPS) is 20.7. The maximum atomic E-state index is 11.8. The lowest BCUT2D eigenvalue weighted by molar-refractivity contribution is -0.200. The number of carbonyl (C=O) groups excluding carboxylic acids is 3. The molecule has 0 radical (unpaired) electrons. The van der Waals surface area contributed by atoms with Crippen molar-refractivity contribution in [1.82, 2.24) is 5.06 Å². The maximum absolute atomic E-state index is 11.8. The maximum Gasteiger partial charge on any atom is 0.335 e. The van der Waals surface area contributed by atoms with Gasteiger partial charge in [0.25, 0.3) is 21.9 Å². The van der Waals surface area contributed by atoms with E-state index >= 15 is 0 Å². The first kappa shape index (κ1) is 17.9. The van der Waals surface area contributed by atoms with Crippen molar-refractivity contribution in [2.45, 2.75) is 31.4 Å². The number of hydroxylamine groups is 2. The van der Waals surface area contributed by atoms with Crippen LogP contribution in [0.2, 0.25) is 0 Å². The summed E-state index contributed by atoms with van der Waals surface area (Å²) in [4.78, 5) is 39.6. The van der Waals surface area contributed by atoms with E-state index in [1.165, 1.54) is 0 Å². The van der Waals surface area contributed by atoms with Gasteiger partial charge in [0.2, 0.25) is 0 Å². The SMILES string of the molecule is CSCCCC(C)C(=O)ON1C(=O)CC(S(=O)(=O)O)C1=O. The second kappa shape index (κ2) is 7.23. The average molecular weight is 339 g/mol. The molecule has 0 spiro atoms. The van der Waals surface area contributed by atoms with E-state index in [2.05, 4.69) is 4.84 Å². The Bertz CT molecular complexity index is 531. The van der Waals surface area contributed by atoms with E-state index in [0.29, 0.717) is 6.42 Å². The number of nitrogens with zero attached hydrogens (tertiary/aromatic N) is 1. The second-order valence-corrected chi connectivity index (χ2v) is 7.27. The van der Waals surface area contributed by atoms with Crippen molar-refractivity contribution in [3.8, 4) is 0 Å². The van der Waals surface area contributed by atoms with E-state index in [0.717, 1.165) is 12.2 Å². The van der Waals surface area contributed by atoms with Crippen molar-refractivity contribution >= 4 is 39.7 Å². The van der Waals surface area contributed by atoms with Crippen LogP contribution in [-0.4, -0.2) is 53.1 Å². The Kier molecular flexibility index (Phi) is 6.17. The van der Waals surface area contributed by atoms with Crippen LogP contribution in [0, 0.1) is 5.92 Å². The van der Waals surface area contributed by atoms with Gasteiger partial charge in [-0.2, -0.15) is 20.2 Å². The number of carbonyl (C=O) groups is 3.